The molecule has 4 atom stereocenters. The molecular formula is C14H12N2O4. The Morgan fingerprint density at radius 1 is 1.55 bits per heavy atom. The molecule has 20 heavy (non-hydrogen) atoms. The molecule has 4 rings (SSSR count). The largest absolute Gasteiger partial charge is 0.481 e. The van der Waals surface area contributed by atoms with Crippen molar-refractivity contribution in [2.75, 3.05) is 11.4 Å². The van der Waals surface area contributed by atoms with Crippen molar-refractivity contribution in [2.24, 2.45) is 11.8 Å². The summed E-state index contributed by atoms with van der Waals surface area (Å²) in [6, 6.07) is 3.53. The topological polar surface area (TPSA) is 79.7 Å². The second-order valence-corrected chi connectivity index (χ2v) is 5.37. The zero-order valence-corrected chi connectivity index (χ0v) is 10.5. The number of aliphatic carboxylic acids is 1. The van der Waals surface area contributed by atoms with Gasteiger partial charge >= 0.3 is 5.97 Å². The smallest absolute Gasteiger partial charge is 0.310 e. The molecule has 0 radical (unpaired) electrons. The Bertz CT molecular complexity index is 629. The predicted octanol–water partition coefficient (Wildman–Crippen LogP) is 0.453. The van der Waals surface area contributed by atoms with Crippen molar-refractivity contribution in [2.45, 2.75) is 11.7 Å². The molecule has 1 aromatic heterocycles. The number of carbonyl (C=O) groups is 2. The molecule has 1 spiro atoms. The van der Waals surface area contributed by atoms with Gasteiger partial charge in [0.15, 0.2) is 0 Å². The second kappa shape index (κ2) is 3.67. The molecule has 1 aromatic rings. The van der Waals surface area contributed by atoms with Crippen LogP contribution in [0.4, 0.5) is 5.69 Å². The van der Waals surface area contributed by atoms with Crippen molar-refractivity contribution in [3.05, 3.63) is 36.7 Å². The van der Waals surface area contributed by atoms with E-state index in [1.165, 1.54) is 0 Å². The molecular weight excluding hydrogens is 260 g/mol. The molecule has 2 bridgehead atoms. The zero-order valence-electron chi connectivity index (χ0n) is 10.5. The zero-order chi connectivity index (χ0) is 13.9. The third-order valence-corrected chi connectivity index (χ3v) is 4.34. The van der Waals surface area contributed by atoms with E-state index in [-0.39, 0.29) is 5.91 Å². The highest BCUT2D eigenvalue weighted by Crippen LogP contribution is 2.52. The number of carboxylic acid groups (broad SMARTS) is 1. The van der Waals surface area contributed by atoms with Crippen LogP contribution in [0.5, 0.6) is 0 Å². The first kappa shape index (κ1) is 11.6. The molecule has 0 aromatic carbocycles. The fourth-order valence-corrected chi connectivity index (χ4v) is 3.51. The van der Waals surface area contributed by atoms with E-state index >= 15 is 0 Å². The maximum absolute atomic E-state index is 12.6. The van der Waals surface area contributed by atoms with Gasteiger partial charge in [-0.3, -0.25) is 14.6 Å². The van der Waals surface area contributed by atoms with Crippen LogP contribution in [0.1, 0.15) is 0 Å². The lowest BCUT2D eigenvalue weighted by Gasteiger charge is -2.21. The molecule has 2 fully saturated rings. The van der Waals surface area contributed by atoms with E-state index in [2.05, 4.69) is 4.98 Å². The first-order chi connectivity index (χ1) is 9.62. The molecule has 1 amide bonds. The van der Waals surface area contributed by atoms with Crippen LogP contribution in [0.25, 0.3) is 0 Å². The number of fused-ring (bicyclic) bond motifs is 1. The molecule has 6 nitrogen and oxygen atoms in total. The van der Waals surface area contributed by atoms with Crippen LogP contribution in [0.3, 0.4) is 0 Å². The van der Waals surface area contributed by atoms with Gasteiger partial charge in [0.25, 0.3) is 0 Å². The first-order valence-corrected chi connectivity index (χ1v) is 6.44. The lowest BCUT2D eigenvalue weighted by atomic mass is 9.77. The molecule has 0 unspecified atom stereocenters. The fourth-order valence-electron chi connectivity index (χ4n) is 3.51. The number of pyridine rings is 1. The molecule has 3 aliphatic rings. The minimum Gasteiger partial charge on any atom is -0.481 e. The lowest BCUT2D eigenvalue weighted by molar-refractivity contribution is -0.146. The van der Waals surface area contributed by atoms with Crippen molar-refractivity contribution in [3.63, 3.8) is 0 Å². The van der Waals surface area contributed by atoms with Crippen molar-refractivity contribution in [3.8, 4) is 0 Å². The number of anilines is 1. The van der Waals surface area contributed by atoms with Crippen molar-refractivity contribution < 1.29 is 19.4 Å². The van der Waals surface area contributed by atoms with Gasteiger partial charge in [0.05, 0.1) is 30.5 Å². The normalized spacial score (nSPS) is 37.5. The van der Waals surface area contributed by atoms with Crippen LogP contribution < -0.4 is 4.90 Å². The van der Waals surface area contributed by atoms with Gasteiger partial charge in [-0.15, -0.1) is 0 Å². The molecule has 0 aliphatic carbocycles. The summed E-state index contributed by atoms with van der Waals surface area (Å²) in [5, 5.41) is 9.36. The Morgan fingerprint density at radius 3 is 3.10 bits per heavy atom. The Labute approximate surface area is 114 Å². The highest BCUT2D eigenvalue weighted by Gasteiger charge is 2.67. The maximum atomic E-state index is 12.6. The molecule has 0 saturated carbocycles. The number of rotatable bonds is 2. The molecule has 2 saturated heterocycles. The summed E-state index contributed by atoms with van der Waals surface area (Å²) in [4.78, 5) is 29.6. The minimum absolute atomic E-state index is 0.197. The summed E-state index contributed by atoms with van der Waals surface area (Å²) in [5.41, 5.74) is -0.119. The van der Waals surface area contributed by atoms with Crippen LogP contribution >= 0.6 is 0 Å². The van der Waals surface area contributed by atoms with E-state index < -0.39 is 29.5 Å². The van der Waals surface area contributed by atoms with Crippen LogP contribution in [-0.4, -0.2) is 40.2 Å². The van der Waals surface area contributed by atoms with Gasteiger partial charge in [0.2, 0.25) is 5.91 Å². The van der Waals surface area contributed by atoms with Gasteiger partial charge in [0.1, 0.15) is 11.5 Å². The highest BCUT2D eigenvalue weighted by atomic mass is 16.5. The Balaban J connectivity index is 1.76. The third kappa shape index (κ3) is 1.29. The summed E-state index contributed by atoms with van der Waals surface area (Å²) in [5.74, 6) is -2.62. The standard InChI is InChI=1S/C14H12N2O4/c17-12-11-10(13(18)19)9-3-4-14(11,20-9)7-16(12)8-2-1-5-15-6-8/h1-6,9-11H,7H2,(H,18,19)/t9-,10+,11-,14+/m1/s1. The average Bonchev–Trinajstić information content (AvgIpc) is 3.08. The fraction of sp³-hybridized carbons (Fsp3) is 0.357. The number of amides is 1. The molecule has 6 heteroatoms. The van der Waals surface area contributed by atoms with Crippen LogP contribution in [0.2, 0.25) is 0 Å². The maximum Gasteiger partial charge on any atom is 0.310 e. The van der Waals surface area contributed by atoms with E-state index in [9.17, 15) is 14.7 Å². The van der Waals surface area contributed by atoms with Gasteiger partial charge in [-0.05, 0) is 12.1 Å². The number of nitrogens with zero attached hydrogens (tertiary/aromatic N) is 2. The van der Waals surface area contributed by atoms with Crippen LogP contribution in [0, 0.1) is 11.8 Å². The summed E-state index contributed by atoms with van der Waals surface area (Å²) in [6.07, 6.45) is 6.34. The van der Waals surface area contributed by atoms with E-state index in [1.54, 1.807) is 35.5 Å². The lowest BCUT2D eigenvalue weighted by Crippen LogP contribution is -2.39. The third-order valence-electron chi connectivity index (χ3n) is 4.34. The molecule has 3 aliphatic heterocycles. The first-order valence-electron chi connectivity index (χ1n) is 6.44. The SMILES string of the molecule is O=C(O)[C@H]1[C@H]2C=C[C@@]3(CN(c4cccnc4)C(=O)[C@@H]13)O2. The number of hydrogen-bond acceptors (Lipinski definition) is 4. The van der Waals surface area contributed by atoms with Gasteiger partial charge < -0.3 is 14.7 Å². The van der Waals surface area contributed by atoms with Crippen LogP contribution in [0.15, 0.2) is 36.7 Å². The van der Waals surface area contributed by atoms with Gasteiger partial charge in [-0.2, -0.15) is 0 Å². The Hall–Kier alpha value is -2.21. The molecule has 102 valence electrons. The summed E-state index contributed by atoms with van der Waals surface area (Å²) in [6.45, 7) is 0.346. The number of carbonyl (C=O) groups excluding carboxylic acids is 1. The highest BCUT2D eigenvalue weighted by molar-refractivity contribution is 6.02. The van der Waals surface area contributed by atoms with Gasteiger partial charge in [0, 0.05) is 6.20 Å². The number of carboxylic acids is 1. The van der Waals surface area contributed by atoms with Crippen molar-refractivity contribution >= 4 is 17.6 Å². The van der Waals surface area contributed by atoms with Crippen LogP contribution in [-0.2, 0) is 14.3 Å². The van der Waals surface area contributed by atoms with Gasteiger partial charge in [-0.1, -0.05) is 12.2 Å². The molecule has 1 N–H and O–H groups in total. The summed E-state index contributed by atoms with van der Waals surface area (Å²) < 4.78 is 5.81. The quantitative estimate of drug-likeness (QED) is 0.791. The van der Waals surface area contributed by atoms with Crippen molar-refractivity contribution in [1.29, 1.82) is 0 Å². The summed E-state index contributed by atoms with van der Waals surface area (Å²) in [7, 11) is 0. The molecule has 4 heterocycles. The van der Waals surface area contributed by atoms with E-state index in [4.69, 9.17) is 4.74 Å². The second-order valence-electron chi connectivity index (χ2n) is 5.37. The number of ether oxygens (including phenoxy) is 1. The monoisotopic (exact) mass is 272 g/mol. The Morgan fingerprint density at radius 2 is 2.40 bits per heavy atom. The van der Waals surface area contributed by atoms with E-state index in [1.807, 2.05) is 6.08 Å². The minimum atomic E-state index is -0.979. The van der Waals surface area contributed by atoms with E-state index in [0.717, 1.165) is 0 Å². The number of aromatic nitrogens is 1. The number of hydrogen-bond donors (Lipinski definition) is 1. The summed E-state index contributed by atoms with van der Waals surface area (Å²) >= 11 is 0. The predicted molar refractivity (Wildman–Crippen MR) is 67.9 cm³/mol. The average molecular weight is 272 g/mol. The Kier molecular flexibility index (Phi) is 2.13. The van der Waals surface area contributed by atoms with E-state index in [0.29, 0.717) is 12.2 Å². The van der Waals surface area contributed by atoms with Gasteiger partial charge in [-0.25, -0.2) is 0 Å². The van der Waals surface area contributed by atoms with Crippen molar-refractivity contribution in [1.82, 2.24) is 4.98 Å².